The van der Waals surface area contributed by atoms with Crippen molar-refractivity contribution in [3.8, 4) is 22.3 Å². The summed E-state index contributed by atoms with van der Waals surface area (Å²) in [4.78, 5) is 0. The van der Waals surface area contributed by atoms with Crippen molar-refractivity contribution < 1.29 is 0 Å². The molecule has 3 aliphatic carbocycles. The maximum atomic E-state index is 4.20. The van der Waals surface area contributed by atoms with Gasteiger partial charge >= 0.3 is 0 Å². The third kappa shape index (κ3) is 16.5. The summed E-state index contributed by atoms with van der Waals surface area (Å²) >= 11 is 0. The van der Waals surface area contributed by atoms with Crippen LogP contribution in [0, 0.1) is 34.6 Å². The summed E-state index contributed by atoms with van der Waals surface area (Å²) in [6, 6.07) is 50.2. The largest absolute Gasteiger partial charge is 0.0991 e. The smallest absolute Gasteiger partial charge is 0.0639 e. The Morgan fingerprint density at radius 1 is 0.582 bits per heavy atom. The first-order valence-corrected chi connectivity index (χ1v) is 29.1. The van der Waals surface area contributed by atoms with Gasteiger partial charge in [0.05, 0.1) is 5.41 Å². The Morgan fingerprint density at radius 2 is 1.22 bits per heavy atom. The number of aryl methyl sites for hydroxylation is 5. The quantitative estimate of drug-likeness (QED) is 0.113. The van der Waals surface area contributed by atoms with E-state index in [-0.39, 0.29) is 5.41 Å². The molecule has 0 bridgehead atoms. The normalized spacial score (nSPS) is 15.6. The first-order chi connectivity index (χ1) is 38.3. The molecule has 0 aromatic heterocycles. The van der Waals surface area contributed by atoms with Gasteiger partial charge in [-0.25, -0.2) is 0 Å². The van der Waals surface area contributed by atoms with Gasteiger partial charge in [-0.1, -0.05) is 282 Å². The average molecular weight is 1040 g/mol. The van der Waals surface area contributed by atoms with E-state index < -0.39 is 0 Å². The molecule has 79 heavy (non-hydrogen) atoms. The third-order valence-corrected chi connectivity index (χ3v) is 14.8. The van der Waals surface area contributed by atoms with Crippen molar-refractivity contribution in [1.29, 1.82) is 0 Å². The fourth-order valence-electron chi connectivity index (χ4n) is 10.8. The zero-order valence-electron chi connectivity index (χ0n) is 51.2. The maximum Gasteiger partial charge on any atom is 0.0639 e. The molecule has 6 aromatic carbocycles. The second kappa shape index (κ2) is 33.0. The maximum absolute atomic E-state index is 4.20. The van der Waals surface area contributed by atoms with Gasteiger partial charge in [-0.05, 0) is 196 Å². The Hall–Kier alpha value is -7.54. The van der Waals surface area contributed by atoms with Crippen LogP contribution >= 0.6 is 0 Å². The highest BCUT2D eigenvalue weighted by Gasteiger charge is 2.47. The molecule has 0 heterocycles. The number of hydrogen-bond donors (Lipinski definition) is 0. The van der Waals surface area contributed by atoms with E-state index in [2.05, 4.69) is 264 Å². The summed E-state index contributed by atoms with van der Waals surface area (Å²) in [6.45, 7) is 40.0. The first-order valence-electron chi connectivity index (χ1n) is 29.1. The van der Waals surface area contributed by atoms with Gasteiger partial charge in [-0.2, -0.15) is 0 Å². The highest BCUT2D eigenvalue weighted by atomic mass is 14.5. The Bertz CT molecular complexity index is 3230. The highest BCUT2D eigenvalue weighted by Crippen LogP contribution is 2.58. The average Bonchev–Trinajstić information content (AvgIpc) is 4.04. The SMILES string of the molecule is C/C=C\C(C)=C(\C)c1ccc(C)cc1.C=C/C=C(\C=C)C1(C2=CC=CCC2)C(CC)=C(/C=C\C)c2ccc(C)cc21.CC.CC.CC1=C(c2ccc(-c3cccc(-c4ccccc4C)c3)cc2C)C=CCC1.Cc1ccccc1. The van der Waals surface area contributed by atoms with Crippen molar-refractivity contribution in [2.45, 2.75) is 141 Å². The molecular weight excluding hydrogens is 949 g/mol. The molecule has 1 atom stereocenters. The zero-order chi connectivity index (χ0) is 57.9. The summed E-state index contributed by atoms with van der Waals surface area (Å²) in [5.74, 6) is 0. The van der Waals surface area contributed by atoms with Gasteiger partial charge in [0, 0.05) is 0 Å². The molecule has 1 unspecified atom stereocenters. The number of rotatable bonds is 11. The molecule has 6 aromatic rings. The minimum atomic E-state index is -0.244. The van der Waals surface area contributed by atoms with Crippen LogP contribution in [0.2, 0.25) is 0 Å². The van der Waals surface area contributed by atoms with Gasteiger partial charge in [0.2, 0.25) is 0 Å². The Balaban J connectivity index is 0.000000242. The second-order valence-corrected chi connectivity index (χ2v) is 20.2. The van der Waals surface area contributed by atoms with E-state index in [4.69, 9.17) is 0 Å². The van der Waals surface area contributed by atoms with Crippen LogP contribution in [-0.4, -0.2) is 0 Å². The predicted octanol–water partition coefficient (Wildman–Crippen LogP) is 23.7. The van der Waals surface area contributed by atoms with Crippen LogP contribution in [0.5, 0.6) is 0 Å². The molecule has 0 nitrogen and oxygen atoms in total. The summed E-state index contributed by atoms with van der Waals surface area (Å²) in [7, 11) is 0. The summed E-state index contributed by atoms with van der Waals surface area (Å²) in [5, 5.41) is 0. The van der Waals surface area contributed by atoms with E-state index >= 15 is 0 Å². The van der Waals surface area contributed by atoms with Crippen LogP contribution < -0.4 is 0 Å². The van der Waals surface area contributed by atoms with Gasteiger partial charge < -0.3 is 0 Å². The molecule has 0 heteroatoms. The molecule has 0 spiro atoms. The first kappa shape index (κ1) is 64.0. The minimum absolute atomic E-state index is 0.244. The minimum Gasteiger partial charge on any atom is -0.0991 e. The van der Waals surface area contributed by atoms with Crippen molar-refractivity contribution in [3.05, 3.63) is 304 Å². The summed E-state index contributed by atoms with van der Waals surface area (Å²) in [6.07, 6.45) is 31.6. The van der Waals surface area contributed by atoms with Crippen molar-refractivity contribution in [2.24, 2.45) is 0 Å². The van der Waals surface area contributed by atoms with E-state index in [1.165, 1.54) is 123 Å². The van der Waals surface area contributed by atoms with Crippen LogP contribution in [0.25, 0.3) is 39.0 Å². The standard InChI is InChI=1S/C27H26.C27H30.C14H18.C7H8.2C2H6/c1-19-9-4-6-13-25(19)24-12-8-11-22(18-24)23-15-16-27(21(3)17-23)26-14-7-5-10-20(26)2;1-6-13-21(8-3)27(22-15-11-10-12-16-22)25(9-4)23(14-7-2)24-18-17-20(5)19-26(24)27;1-5-6-12(3)13(4)14-9-7-11(2)8-10-14;1-7-5-3-2-4-6-7;2*1-2/h4,6-9,11-18H,5,10H2,1-3H3;6-8,10-11,13-15,17-19H,1,3,9,12,16H2,2,4-5H3;5-10H,1-4H3;2-6H,1H3;2*1-2H3/b;14-7-,21-13+;6-5-,13-12-;;;. The van der Waals surface area contributed by atoms with Crippen molar-refractivity contribution in [3.63, 3.8) is 0 Å². The van der Waals surface area contributed by atoms with Crippen molar-refractivity contribution >= 4 is 16.7 Å². The van der Waals surface area contributed by atoms with Gasteiger partial charge in [0.15, 0.2) is 0 Å². The Labute approximate surface area is 481 Å². The van der Waals surface area contributed by atoms with Gasteiger partial charge in [-0.15, -0.1) is 0 Å². The van der Waals surface area contributed by atoms with E-state index in [1.54, 1.807) is 0 Å². The molecule has 0 saturated carbocycles. The fourth-order valence-corrected chi connectivity index (χ4v) is 10.8. The lowest BCUT2D eigenvalue weighted by Crippen LogP contribution is -2.32. The highest BCUT2D eigenvalue weighted by molar-refractivity contribution is 5.90. The molecule has 0 saturated heterocycles. The molecular formula is C79H94. The molecule has 3 aliphatic rings. The third-order valence-electron chi connectivity index (χ3n) is 14.8. The van der Waals surface area contributed by atoms with Crippen molar-refractivity contribution in [1.82, 2.24) is 0 Å². The summed E-state index contributed by atoms with van der Waals surface area (Å²) < 4.78 is 0. The number of allylic oxidation sites excluding steroid dienone is 20. The number of hydrogen-bond acceptors (Lipinski definition) is 0. The van der Waals surface area contributed by atoms with Crippen LogP contribution in [0.1, 0.15) is 151 Å². The van der Waals surface area contributed by atoms with E-state index in [9.17, 15) is 0 Å². The predicted molar refractivity (Wildman–Crippen MR) is 356 cm³/mol. The lowest BCUT2D eigenvalue weighted by Gasteiger charge is -2.39. The van der Waals surface area contributed by atoms with Crippen LogP contribution in [0.3, 0.4) is 0 Å². The van der Waals surface area contributed by atoms with E-state index in [0.29, 0.717) is 0 Å². The summed E-state index contributed by atoms with van der Waals surface area (Å²) in [5.41, 5.74) is 28.0. The fraction of sp³-hybridized carbons (Fsp3) is 0.266. The number of benzene rings is 6. The zero-order valence-corrected chi connectivity index (χ0v) is 51.2. The lowest BCUT2D eigenvalue weighted by atomic mass is 9.63. The Morgan fingerprint density at radius 3 is 1.80 bits per heavy atom. The van der Waals surface area contributed by atoms with E-state index in [1.807, 2.05) is 65.0 Å². The molecule has 0 aliphatic heterocycles. The second-order valence-electron chi connectivity index (χ2n) is 20.2. The van der Waals surface area contributed by atoms with Gasteiger partial charge in [0.1, 0.15) is 0 Å². The number of fused-ring (bicyclic) bond motifs is 1. The van der Waals surface area contributed by atoms with Gasteiger partial charge in [-0.3, -0.25) is 0 Å². The molecule has 0 fully saturated rings. The molecule has 410 valence electrons. The van der Waals surface area contributed by atoms with Crippen molar-refractivity contribution in [2.75, 3.05) is 0 Å². The molecule has 0 radical (unpaired) electrons. The lowest BCUT2D eigenvalue weighted by molar-refractivity contribution is 0.653. The van der Waals surface area contributed by atoms with Crippen LogP contribution in [-0.2, 0) is 5.41 Å². The van der Waals surface area contributed by atoms with E-state index in [0.717, 1.165) is 25.7 Å². The van der Waals surface area contributed by atoms with Crippen LogP contribution in [0.15, 0.2) is 253 Å². The van der Waals surface area contributed by atoms with Crippen LogP contribution in [0.4, 0.5) is 0 Å². The molecule has 0 amide bonds. The molecule has 0 N–H and O–H groups in total. The Kier molecular flexibility index (Phi) is 26.7. The monoisotopic (exact) mass is 1040 g/mol. The topological polar surface area (TPSA) is 0 Å². The van der Waals surface area contributed by atoms with Gasteiger partial charge in [0.25, 0.3) is 0 Å². The molecule has 9 rings (SSSR count).